The number of hydrogen-bond donors (Lipinski definition) is 3. The predicted molar refractivity (Wildman–Crippen MR) is 171 cm³/mol. The Morgan fingerprint density at radius 1 is 1.02 bits per heavy atom. The Hall–Kier alpha value is -3.35. The van der Waals surface area contributed by atoms with E-state index in [9.17, 15) is 4.79 Å². The van der Waals surface area contributed by atoms with E-state index in [1.807, 2.05) is 37.3 Å². The largest absolute Gasteiger partial charge is 0.490 e. The highest BCUT2D eigenvalue weighted by atomic mass is 32.2. The van der Waals surface area contributed by atoms with Gasteiger partial charge < -0.3 is 20.3 Å². The van der Waals surface area contributed by atoms with E-state index in [-0.39, 0.29) is 5.91 Å². The monoisotopic (exact) mass is 605 g/mol. The Morgan fingerprint density at radius 2 is 1.72 bits per heavy atom. The lowest BCUT2D eigenvalue weighted by Gasteiger charge is -2.47. The van der Waals surface area contributed by atoms with Crippen molar-refractivity contribution < 1.29 is 9.53 Å². The molecule has 1 aromatic carbocycles. The number of carbonyl (C=O) groups is 1. The van der Waals surface area contributed by atoms with Gasteiger partial charge in [-0.1, -0.05) is 12.8 Å². The number of hydrogen-bond acceptors (Lipinski definition) is 10. The molecule has 3 saturated heterocycles. The van der Waals surface area contributed by atoms with Crippen molar-refractivity contribution in [3.63, 3.8) is 0 Å². The minimum Gasteiger partial charge on any atom is -0.490 e. The van der Waals surface area contributed by atoms with E-state index in [0.717, 1.165) is 66.9 Å². The summed E-state index contributed by atoms with van der Waals surface area (Å²) < 4.78 is 5.93. The molecule has 3 aromatic rings. The van der Waals surface area contributed by atoms with E-state index in [1.54, 1.807) is 7.11 Å². The molecule has 230 valence electrons. The second-order valence-corrected chi connectivity index (χ2v) is 12.9. The van der Waals surface area contributed by atoms with E-state index in [1.165, 1.54) is 63.8 Å². The van der Waals surface area contributed by atoms with Gasteiger partial charge in [0.1, 0.15) is 0 Å². The zero-order chi connectivity index (χ0) is 29.8. The first-order valence-corrected chi connectivity index (χ1v) is 16.3. The third-order valence-corrected chi connectivity index (χ3v) is 9.67. The molecule has 2 bridgehead atoms. The molecular formula is C31H43N9O2S. The van der Waals surface area contributed by atoms with Gasteiger partial charge in [-0.25, -0.2) is 9.97 Å². The summed E-state index contributed by atoms with van der Waals surface area (Å²) in [5, 5.41) is 14.1. The maximum atomic E-state index is 11.4. The molecule has 0 aliphatic carbocycles. The summed E-state index contributed by atoms with van der Waals surface area (Å²) in [6.45, 7) is 9.50. The van der Waals surface area contributed by atoms with Gasteiger partial charge in [-0.05, 0) is 68.6 Å². The Bertz CT molecular complexity index is 1370. The molecule has 5 heterocycles. The number of rotatable bonds is 10. The number of methoxy groups -OCH3 is 1. The predicted octanol–water partition coefficient (Wildman–Crippen LogP) is 4.90. The van der Waals surface area contributed by atoms with E-state index < -0.39 is 0 Å². The molecule has 6 rings (SSSR count). The van der Waals surface area contributed by atoms with Crippen molar-refractivity contribution in [3.8, 4) is 5.75 Å². The molecule has 3 aliphatic heterocycles. The Labute approximate surface area is 258 Å². The Balaban J connectivity index is 1.17. The number of aromatic amines is 1. The first-order chi connectivity index (χ1) is 20.9. The van der Waals surface area contributed by atoms with Crippen LogP contribution in [-0.2, 0) is 4.79 Å². The zero-order valence-corrected chi connectivity index (χ0v) is 26.3. The van der Waals surface area contributed by atoms with Crippen molar-refractivity contribution in [2.45, 2.75) is 74.5 Å². The Kier molecular flexibility index (Phi) is 9.34. The molecule has 2 aromatic heterocycles. The number of fused-ring (bicyclic) bond motifs is 2. The maximum Gasteiger partial charge on any atom is 0.221 e. The number of aromatic nitrogens is 4. The summed E-state index contributed by atoms with van der Waals surface area (Å²) in [6.07, 6.45) is 8.34. The van der Waals surface area contributed by atoms with Gasteiger partial charge in [0.2, 0.25) is 11.7 Å². The lowest BCUT2D eigenvalue weighted by atomic mass is 9.84. The van der Waals surface area contributed by atoms with Crippen LogP contribution in [-0.4, -0.2) is 94.3 Å². The molecule has 11 nitrogen and oxygen atoms in total. The number of nitrogens with zero attached hydrogens (tertiary/aromatic N) is 6. The van der Waals surface area contributed by atoms with Crippen LogP contribution >= 0.6 is 11.8 Å². The summed E-state index contributed by atoms with van der Waals surface area (Å²) in [5.74, 6) is 2.55. The third-order valence-electron chi connectivity index (χ3n) is 8.80. The fourth-order valence-corrected chi connectivity index (χ4v) is 7.46. The fourth-order valence-electron chi connectivity index (χ4n) is 6.70. The van der Waals surface area contributed by atoms with Crippen LogP contribution in [0.3, 0.4) is 0 Å². The maximum absolute atomic E-state index is 11.4. The second-order valence-electron chi connectivity index (χ2n) is 11.8. The van der Waals surface area contributed by atoms with Crippen LogP contribution in [0.5, 0.6) is 5.75 Å². The van der Waals surface area contributed by atoms with Crippen LogP contribution in [0.1, 0.15) is 51.1 Å². The lowest BCUT2D eigenvalue weighted by Crippen LogP contribution is -2.54. The summed E-state index contributed by atoms with van der Waals surface area (Å²) >= 11 is 1.47. The SMILES string of the molecule is COc1c(Nc2cc(C)[nH]n2)nc(Sc2ccc(NC(C)=O)cc2)nc1N1CCN(CCN2C3CCCC2CCC3)CC1. The fraction of sp³-hybridized carbons (Fsp3) is 0.548. The van der Waals surface area contributed by atoms with Crippen molar-refractivity contribution in [1.82, 2.24) is 30.0 Å². The average molecular weight is 606 g/mol. The van der Waals surface area contributed by atoms with Crippen LogP contribution in [0.2, 0.25) is 0 Å². The molecule has 1 amide bonds. The van der Waals surface area contributed by atoms with Crippen molar-refractivity contribution in [3.05, 3.63) is 36.0 Å². The van der Waals surface area contributed by atoms with Gasteiger partial charge in [-0.3, -0.25) is 19.7 Å². The van der Waals surface area contributed by atoms with Gasteiger partial charge in [0.05, 0.1) is 7.11 Å². The second kappa shape index (κ2) is 13.5. The molecule has 0 atom stereocenters. The van der Waals surface area contributed by atoms with Crippen molar-refractivity contribution in [1.29, 1.82) is 0 Å². The first-order valence-electron chi connectivity index (χ1n) is 15.5. The van der Waals surface area contributed by atoms with Crippen molar-refractivity contribution in [2.75, 3.05) is 61.9 Å². The van der Waals surface area contributed by atoms with Crippen LogP contribution < -0.4 is 20.3 Å². The van der Waals surface area contributed by atoms with Gasteiger partial charge >= 0.3 is 0 Å². The average Bonchev–Trinajstić information content (AvgIpc) is 3.41. The quantitative estimate of drug-likeness (QED) is 0.276. The number of benzene rings is 1. The highest BCUT2D eigenvalue weighted by Crippen LogP contribution is 2.39. The number of carbonyl (C=O) groups excluding carboxylic acids is 1. The minimum absolute atomic E-state index is 0.0954. The summed E-state index contributed by atoms with van der Waals surface area (Å²) in [4.78, 5) is 30.0. The molecule has 0 saturated carbocycles. The smallest absolute Gasteiger partial charge is 0.221 e. The van der Waals surface area contributed by atoms with Gasteiger partial charge in [-0.15, -0.1) is 0 Å². The number of anilines is 4. The van der Waals surface area contributed by atoms with E-state index in [2.05, 4.69) is 35.5 Å². The van der Waals surface area contributed by atoms with Gasteiger partial charge in [-0.2, -0.15) is 5.10 Å². The van der Waals surface area contributed by atoms with E-state index in [4.69, 9.17) is 14.7 Å². The number of amides is 1. The Morgan fingerprint density at radius 3 is 2.33 bits per heavy atom. The van der Waals surface area contributed by atoms with E-state index in [0.29, 0.717) is 22.5 Å². The van der Waals surface area contributed by atoms with Gasteiger partial charge in [0, 0.05) is 80.6 Å². The summed E-state index contributed by atoms with van der Waals surface area (Å²) in [7, 11) is 1.67. The van der Waals surface area contributed by atoms with Crippen LogP contribution in [0.15, 0.2) is 40.4 Å². The summed E-state index contributed by atoms with van der Waals surface area (Å²) in [5.41, 5.74) is 1.71. The molecule has 3 fully saturated rings. The number of aryl methyl sites for hydroxylation is 1. The van der Waals surface area contributed by atoms with Crippen LogP contribution in [0.25, 0.3) is 0 Å². The molecule has 0 spiro atoms. The number of nitrogens with one attached hydrogen (secondary N) is 3. The third kappa shape index (κ3) is 7.25. The first kappa shape index (κ1) is 29.7. The van der Waals surface area contributed by atoms with Crippen LogP contribution in [0.4, 0.5) is 23.1 Å². The molecule has 3 aliphatic rings. The molecule has 12 heteroatoms. The molecule has 3 N–H and O–H groups in total. The number of ether oxygens (including phenoxy) is 1. The highest BCUT2D eigenvalue weighted by Gasteiger charge is 2.34. The highest BCUT2D eigenvalue weighted by molar-refractivity contribution is 7.99. The number of piperazine rings is 1. The number of H-pyrrole nitrogens is 1. The molecule has 43 heavy (non-hydrogen) atoms. The van der Waals surface area contributed by atoms with Crippen LogP contribution in [0, 0.1) is 6.92 Å². The zero-order valence-electron chi connectivity index (χ0n) is 25.4. The van der Waals surface area contributed by atoms with Crippen molar-refractivity contribution in [2.24, 2.45) is 0 Å². The standard InChI is InChI=1S/C31H43N9O2S/c1-21-20-27(37-36-21)33-29-28(42-3)30(35-31(34-29)43-26-12-10-23(11-13-26)32-22(2)41)39-17-14-38(15-18-39)16-19-40-24-6-4-7-25(40)9-5-8-24/h10-13,20,24-25H,4-9,14-19H2,1-3H3,(H,32,41)(H2,33,34,35,36,37). The van der Waals surface area contributed by atoms with Crippen molar-refractivity contribution >= 4 is 40.8 Å². The van der Waals surface area contributed by atoms with Gasteiger partial charge in [0.25, 0.3) is 0 Å². The van der Waals surface area contributed by atoms with Gasteiger partial charge in [0.15, 0.2) is 22.6 Å². The molecule has 0 radical (unpaired) electrons. The molecular weight excluding hydrogens is 562 g/mol. The number of piperidine rings is 2. The minimum atomic E-state index is -0.0954. The topological polar surface area (TPSA) is 115 Å². The van der Waals surface area contributed by atoms with E-state index >= 15 is 0 Å². The lowest BCUT2D eigenvalue weighted by molar-refractivity contribution is -0.114. The summed E-state index contributed by atoms with van der Waals surface area (Å²) in [6, 6.07) is 11.2. The molecule has 0 unspecified atom stereocenters. The normalized spacial score (nSPS) is 21.0.